The lowest BCUT2D eigenvalue weighted by Gasteiger charge is -2.66. The van der Waals surface area contributed by atoms with E-state index in [0.717, 1.165) is 23.7 Å². The molecular weight excluding hydrogens is 312 g/mol. The summed E-state index contributed by atoms with van der Waals surface area (Å²) in [5.41, 5.74) is 2.54. The molecule has 6 aliphatic rings. The Bertz CT molecular complexity index is 768. The van der Waals surface area contributed by atoms with Gasteiger partial charge in [-0.15, -0.1) is 0 Å². The number of nitrogens with zero attached hydrogens (tertiary/aromatic N) is 2. The third-order valence-corrected chi connectivity index (χ3v) is 9.39. The van der Waals surface area contributed by atoms with E-state index < -0.39 is 0 Å². The lowest BCUT2D eigenvalue weighted by Crippen LogP contribution is -2.81. The van der Waals surface area contributed by atoms with Crippen LogP contribution in [0.25, 0.3) is 0 Å². The van der Waals surface area contributed by atoms with Gasteiger partial charge in [-0.2, -0.15) is 0 Å². The van der Waals surface area contributed by atoms with Gasteiger partial charge in [0.2, 0.25) is 0 Å². The normalized spacial score (nSPS) is 57.1. The van der Waals surface area contributed by atoms with Crippen LogP contribution in [0.3, 0.4) is 0 Å². The summed E-state index contributed by atoms with van der Waals surface area (Å²) in [5.74, 6) is 1.17. The molecule has 1 aliphatic carbocycles. The highest BCUT2D eigenvalue weighted by Gasteiger charge is 2.82. The maximum Gasteiger partial charge on any atom is 0.193 e. The number of benzene rings is 1. The smallest absolute Gasteiger partial charge is 0.193 e. The molecule has 4 nitrogen and oxygen atoms in total. The fourth-order valence-corrected chi connectivity index (χ4v) is 8.58. The Hall–Kier alpha value is -1.10. The molecule has 7 rings (SSSR count). The van der Waals surface area contributed by atoms with E-state index in [2.05, 4.69) is 50.2 Å². The number of rotatable bonds is 1. The Morgan fingerprint density at radius 2 is 2.00 bits per heavy atom. The van der Waals surface area contributed by atoms with Crippen molar-refractivity contribution in [3.8, 4) is 0 Å². The third kappa shape index (κ3) is 1.27. The number of para-hydroxylation sites is 1. The molecule has 1 unspecified atom stereocenters. The lowest BCUT2D eigenvalue weighted by atomic mass is 9.61. The predicted molar refractivity (Wildman–Crippen MR) is 96.1 cm³/mol. The largest absolute Gasteiger partial charge is 0.392 e. The highest BCUT2D eigenvalue weighted by atomic mass is 16.3. The van der Waals surface area contributed by atoms with Gasteiger partial charge in [-0.05, 0) is 24.0 Å². The molecule has 10 atom stereocenters. The molecule has 0 aromatic heterocycles. The molecule has 4 saturated heterocycles. The Kier molecular flexibility index (Phi) is 2.54. The Labute approximate surface area is 149 Å². The van der Waals surface area contributed by atoms with Crippen LogP contribution in [-0.2, 0) is 5.41 Å². The van der Waals surface area contributed by atoms with E-state index >= 15 is 0 Å². The minimum absolute atomic E-state index is 0.125. The van der Waals surface area contributed by atoms with Crippen LogP contribution in [0, 0.1) is 17.8 Å². The molecular formula is C21H29N2O2+. The maximum atomic E-state index is 11.7. The topological polar surface area (TPSA) is 43.7 Å². The van der Waals surface area contributed by atoms with E-state index in [0.29, 0.717) is 35.9 Å². The molecule has 5 bridgehead atoms. The second kappa shape index (κ2) is 4.24. The summed E-state index contributed by atoms with van der Waals surface area (Å²) in [6, 6.07) is 9.87. The van der Waals surface area contributed by atoms with Gasteiger partial charge in [-0.1, -0.05) is 25.1 Å². The molecule has 2 N–H and O–H groups in total. The molecule has 5 fully saturated rings. The van der Waals surface area contributed by atoms with Gasteiger partial charge in [0, 0.05) is 37.4 Å². The standard InChI is InChI=1S/C21H29N2O2/c1-4-11-12-9-15-18-21(13-7-5-6-8-14(13)22(18)2)10-16(17(12)19(21)24)23(15,3)20(11)25/h5-8,11-12,15-20,24-25H,4,9-10H2,1-3H3/q+1/t11-,12+,15-,16-,17-,18-,19-,20+,21+,23?/m0/s1. The summed E-state index contributed by atoms with van der Waals surface area (Å²) in [4.78, 5) is 2.44. The number of aliphatic hydroxyl groups excluding tert-OH is 2. The van der Waals surface area contributed by atoms with Crippen LogP contribution in [0.5, 0.6) is 0 Å². The van der Waals surface area contributed by atoms with Crippen LogP contribution in [0.4, 0.5) is 5.69 Å². The van der Waals surface area contributed by atoms with Crippen molar-refractivity contribution in [2.45, 2.75) is 62.1 Å². The number of hydrogen-bond donors (Lipinski definition) is 2. The number of hydrogen-bond acceptors (Lipinski definition) is 3. The lowest BCUT2D eigenvalue weighted by molar-refractivity contribution is -1.02. The zero-order valence-electron chi connectivity index (χ0n) is 15.3. The number of piperidine rings is 4. The second-order valence-corrected chi connectivity index (χ2v) is 9.58. The van der Waals surface area contributed by atoms with E-state index in [9.17, 15) is 10.2 Å². The van der Waals surface area contributed by atoms with Crippen LogP contribution in [0.2, 0.25) is 0 Å². The first-order valence-electron chi connectivity index (χ1n) is 10.0. The van der Waals surface area contributed by atoms with Gasteiger partial charge in [-0.3, -0.25) is 4.48 Å². The highest BCUT2D eigenvalue weighted by molar-refractivity contribution is 5.66. The molecule has 1 saturated carbocycles. The van der Waals surface area contributed by atoms with Crippen LogP contribution >= 0.6 is 0 Å². The monoisotopic (exact) mass is 341 g/mol. The Morgan fingerprint density at radius 3 is 2.76 bits per heavy atom. The van der Waals surface area contributed by atoms with E-state index in [1.54, 1.807) is 0 Å². The van der Waals surface area contributed by atoms with E-state index in [-0.39, 0.29) is 17.7 Å². The summed E-state index contributed by atoms with van der Waals surface area (Å²) in [5, 5.41) is 23.1. The molecule has 5 heterocycles. The summed E-state index contributed by atoms with van der Waals surface area (Å²) >= 11 is 0. The van der Waals surface area contributed by atoms with Gasteiger partial charge < -0.3 is 15.1 Å². The van der Waals surface area contributed by atoms with E-state index in [1.807, 2.05) is 0 Å². The zero-order valence-corrected chi connectivity index (χ0v) is 15.3. The molecule has 1 aromatic carbocycles. The third-order valence-electron chi connectivity index (χ3n) is 9.39. The molecule has 0 radical (unpaired) electrons. The summed E-state index contributed by atoms with van der Waals surface area (Å²) in [6.07, 6.45) is 2.67. The Morgan fingerprint density at radius 1 is 1.24 bits per heavy atom. The van der Waals surface area contributed by atoms with Crippen LogP contribution in [0.15, 0.2) is 24.3 Å². The van der Waals surface area contributed by atoms with E-state index in [4.69, 9.17) is 0 Å². The average molecular weight is 341 g/mol. The van der Waals surface area contributed by atoms with Crippen molar-refractivity contribution in [2.24, 2.45) is 17.8 Å². The quantitative estimate of drug-likeness (QED) is 0.764. The van der Waals surface area contributed by atoms with E-state index in [1.165, 1.54) is 11.3 Å². The minimum atomic E-state index is -0.273. The summed E-state index contributed by atoms with van der Waals surface area (Å²) in [6.45, 7) is 2.21. The molecule has 1 aromatic rings. The highest BCUT2D eigenvalue weighted by Crippen LogP contribution is 2.70. The molecule has 4 heteroatoms. The molecule has 5 aliphatic heterocycles. The van der Waals surface area contributed by atoms with Crippen molar-refractivity contribution in [3.05, 3.63) is 29.8 Å². The molecule has 0 amide bonds. The van der Waals surface area contributed by atoms with Gasteiger partial charge in [0.15, 0.2) is 6.23 Å². The van der Waals surface area contributed by atoms with Gasteiger partial charge in [-0.25, -0.2) is 0 Å². The number of fused-ring (bicyclic) bond motifs is 2. The van der Waals surface area contributed by atoms with Crippen molar-refractivity contribution >= 4 is 5.69 Å². The first-order valence-corrected chi connectivity index (χ1v) is 10.0. The first kappa shape index (κ1) is 15.0. The number of anilines is 1. The number of aliphatic hydroxyl groups is 2. The molecule has 134 valence electrons. The molecule has 1 spiro atoms. The maximum absolute atomic E-state index is 11.7. The average Bonchev–Trinajstić information content (AvgIpc) is 2.99. The van der Waals surface area contributed by atoms with Crippen LogP contribution in [0.1, 0.15) is 31.7 Å². The Balaban J connectivity index is 1.63. The summed E-state index contributed by atoms with van der Waals surface area (Å²) in [7, 11) is 4.51. The van der Waals surface area contributed by atoms with Crippen LogP contribution in [-0.4, -0.2) is 59.2 Å². The van der Waals surface area contributed by atoms with Crippen molar-refractivity contribution in [3.63, 3.8) is 0 Å². The van der Waals surface area contributed by atoms with Gasteiger partial charge in [0.25, 0.3) is 0 Å². The first-order chi connectivity index (χ1) is 12.0. The molecule has 25 heavy (non-hydrogen) atoms. The second-order valence-electron chi connectivity index (χ2n) is 9.58. The fraction of sp³-hybridized carbons (Fsp3) is 0.714. The fourth-order valence-electron chi connectivity index (χ4n) is 8.58. The van der Waals surface area contributed by atoms with Crippen molar-refractivity contribution in [2.75, 3.05) is 19.0 Å². The zero-order chi connectivity index (χ0) is 17.3. The van der Waals surface area contributed by atoms with Crippen LogP contribution < -0.4 is 4.90 Å². The van der Waals surface area contributed by atoms with Crippen molar-refractivity contribution in [1.82, 2.24) is 0 Å². The van der Waals surface area contributed by atoms with Crippen molar-refractivity contribution in [1.29, 1.82) is 0 Å². The predicted octanol–water partition coefficient (Wildman–Crippen LogP) is 1.70. The van der Waals surface area contributed by atoms with Gasteiger partial charge in [0.05, 0.1) is 30.7 Å². The minimum Gasteiger partial charge on any atom is -0.392 e. The van der Waals surface area contributed by atoms with Crippen molar-refractivity contribution < 1.29 is 14.7 Å². The number of likely N-dealkylation sites (N-methyl/N-ethyl adjacent to an activating group) is 2. The van der Waals surface area contributed by atoms with Gasteiger partial charge >= 0.3 is 0 Å². The summed E-state index contributed by atoms with van der Waals surface area (Å²) < 4.78 is 0.779. The number of quaternary nitrogens is 1. The SMILES string of the molecule is CC[C@H]1[C@H]2C[C@H]3[C@@H]4N(C)c5ccccc5[C@]45C[C@@H]([C@H]2[C@@H]5O)[N+]3(C)[C@@H]1O. The van der Waals surface area contributed by atoms with Gasteiger partial charge in [0.1, 0.15) is 6.04 Å².